The fraction of sp³-hybridized carbons (Fsp3) is 0.318. The molecule has 0 aliphatic rings. The molecule has 1 heterocycles. The van der Waals surface area contributed by atoms with Crippen LogP contribution in [0.15, 0.2) is 47.5 Å². The third kappa shape index (κ3) is 3.96. The third-order valence-corrected chi connectivity index (χ3v) is 4.74. The van der Waals surface area contributed by atoms with Gasteiger partial charge in [0.2, 0.25) is 5.91 Å². The van der Waals surface area contributed by atoms with Crippen LogP contribution in [0, 0.1) is 5.82 Å². The normalized spacial score (nSPS) is 11.4. The summed E-state index contributed by atoms with van der Waals surface area (Å²) in [7, 11) is 0. The molecule has 28 heavy (non-hydrogen) atoms. The molecule has 0 saturated carbocycles. The smallest absolute Gasteiger partial charge is 0.261 e. The molecule has 5 nitrogen and oxygen atoms in total. The molecule has 0 bridgehead atoms. The number of anilines is 1. The van der Waals surface area contributed by atoms with Gasteiger partial charge in [-0.15, -0.1) is 0 Å². The SMILES string of the molecule is CC(C)c1cccc(C(C)C)c1NC(=O)Cn1cnc2ccc(F)cc2c1=O. The van der Waals surface area contributed by atoms with Gasteiger partial charge in [-0.3, -0.25) is 14.2 Å². The predicted molar refractivity (Wildman–Crippen MR) is 109 cm³/mol. The first-order chi connectivity index (χ1) is 13.3. The molecule has 3 rings (SSSR count). The molecule has 1 aromatic heterocycles. The fourth-order valence-electron chi connectivity index (χ4n) is 3.27. The molecule has 3 aromatic rings. The molecular formula is C22H24FN3O2. The Morgan fingerprint density at radius 2 is 1.75 bits per heavy atom. The van der Waals surface area contributed by atoms with Gasteiger partial charge in [0.1, 0.15) is 12.4 Å². The molecule has 6 heteroatoms. The molecule has 0 aliphatic heterocycles. The second-order valence-corrected chi connectivity index (χ2v) is 7.51. The first kappa shape index (κ1) is 19.7. The second-order valence-electron chi connectivity index (χ2n) is 7.51. The average Bonchev–Trinajstić information content (AvgIpc) is 2.64. The number of para-hydroxylation sites is 1. The zero-order chi connectivity index (χ0) is 20.4. The van der Waals surface area contributed by atoms with E-state index in [2.05, 4.69) is 38.0 Å². The minimum Gasteiger partial charge on any atom is -0.324 e. The Morgan fingerprint density at radius 1 is 1.11 bits per heavy atom. The molecule has 2 aromatic carbocycles. The Labute approximate surface area is 163 Å². The largest absolute Gasteiger partial charge is 0.324 e. The molecule has 0 aliphatic carbocycles. The number of benzene rings is 2. The zero-order valence-electron chi connectivity index (χ0n) is 16.5. The van der Waals surface area contributed by atoms with E-state index in [1.807, 2.05) is 18.2 Å². The minimum absolute atomic E-state index is 0.153. The van der Waals surface area contributed by atoms with Crippen molar-refractivity contribution in [3.63, 3.8) is 0 Å². The predicted octanol–water partition coefficient (Wildman–Crippen LogP) is 4.42. The Hall–Kier alpha value is -3.02. The Kier molecular flexibility index (Phi) is 5.58. The van der Waals surface area contributed by atoms with Gasteiger partial charge in [0.25, 0.3) is 5.56 Å². The van der Waals surface area contributed by atoms with Gasteiger partial charge >= 0.3 is 0 Å². The van der Waals surface area contributed by atoms with Crippen molar-refractivity contribution < 1.29 is 9.18 Å². The number of hydrogen-bond donors (Lipinski definition) is 1. The molecule has 0 spiro atoms. The van der Waals surface area contributed by atoms with Gasteiger partial charge in [-0.1, -0.05) is 45.9 Å². The summed E-state index contributed by atoms with van der Waals surface area (Å²) in [6.07, 6.45) is 1.32. The number of nitrogens with zero attached hydrogens (tertiary/aromatic N) is 2. The van der Waals surface area contributed by atoms with Crippen molar-refractivity contribution in [2.75, 3.05) is 5.32 Å². The van der Waals surface area contributed by atoms with Crippen molar-refractivity contribution in [1.29, 1.82) is 0 Å². The second kappa shape index (κ2) is 7.92. The van der Waals surface area contributed by atoms with E-state index in [1.165, 1.54) is 23.0 Å². The van der Waals surface area contributed by atoms with Gasteiger partial charge in [-0.05, 0) is 41.2 Å². The maximum absolute atomic E-state index is 13.5. The van der Waals surface area contributed by atoms with Crippen LogP contribution in [-0.2, 0) is 11.3 Å². The number of hydrogen-bond acceptors (Lipinski definition) is 3. The van der Waals surface area contributed by atoms with Crippen LogP contribution in [-0.4, -0.2) is 15.5 Å². The van der Waals surface area contributed by atoms with E-state index in [0.29, 0.717) is 5.52 Å². The molecule has 0 atom stereocenters. The van der Waals surface area contributed by atoms with E-state index in [4.69, 9.17) is 0 Å². The highest BCUT2D eigenvalue weighted by Crippen LogP contribution is 2.32. The Morgan fingerprint density at radius 3 is 2.36 bits per heavy atom. The van der Waals surface area contributed by atoms with E-state index in [-0.39, 0.29) is 29.7 Å². The summed E-state index contributed by atoms with van der Waals surface area (Å²) >= 11 is 0. The number of carbonyl (C=O) groups is 1. The highest BCUT2D eigenvalue weighted by Gasteiger charge is 2.17. The summed E-state index contributed by atoms with van der Waals surface area (Å²) in [5, 5.41) is 3.13. The van der Waals surface area contributed by atoms with Gasteiger partial charge < -0.3 is 5.32 Å². The summed E-state index contributed by atoms with van der Waals surface area (Å²) in [6, 6.07) is 9.83. The number of carbonyl (C=O) groups excluding carboxylic acids is 1. The lowest BCUT2D eigenvalue weighted by atomic mass is 9.92. The van der Waals surface area contributed by atoms with Gasteiger partial charge in [0, 0.05) is 5.69 Å². The van der Waals surface area contributed by atoms with Crippen LogP contribution in [0.1, 0.15) is 50.7 Å². The van der Waals surface area contributed by atoms with Crippen LogP contribution in [0.2, 0.25) is 0 Å². The lowest BCUT2D eigenvalue weighted by molar-refractivity contribution is -0.116. The van der Waals surface area contributed by atoms with Gasteiger partial charge in [-0.2, -0.15) is 0 Å². The van der Waals surface area contributed by atoms with Crippen LogP contribution in [0.4, 0.5) is 10.1 Å². The quantitative estimate of drug-likeness (QED) is 0.711. The van der Waals surface area contributed by atoms with E-state index < -0.39 is 11.4 Å². The van der Waals surface area contributed by atoms with Gasteiger partial charge in [0.15, 0.2) is 0 Å². The molecule has 146 valence electrons. The molecule has 0 unspecified atom stereocenters. The monoisotopic (exact) mass is 381 g/mol. The van der Waals surface area contributed by atoms with Crippen molar-refractivity contribution in [1.82, 2.24) is 9.55 Å². The molecule has 0 saturated heterocycles. The summed E-state index contributed by atoms with van der Waals surface area (Å²) in [4.78, 5) is 29.5. The highest BCUT2D eigenvalue weighted by molar-refractivity contribution is 5.92. The Balaban J connectivity index is 1.92. The van der Waals surface area contributed by atoms with Crippen molar-refractivity contribution in [3.8, 4) is 0 Å². The summed E-state index contributed by atoms with van der Waals surface area (Å²) in [5.41, 5.74) is 2.85. The standard InChI is InChI=1S/C22H24FN3O2/c1-13(2)16-6-5-7-17(14(3)4)21(16)25-20(27)11-26-12-24-19-9-8-15(23)10-18(19)22(26)28/h5-10,12-14H,11H2,1-4H3,(H,25,27). The maximum Gasteiger partial charge on any atom is 0.261 e. The van der Waals surface area contributed by atoms with Crippen LogP contribution >= 0.6 is 0 Å². The lowest BCUT2D eigenvalue weighted by Crippen LogP contribution is -2.28. The molecule has 1 N–H and O–H groups in total. The number of fused-ring (bicyclic) bond motifs is 1. The highest BCUT2D eigenvalue weighted by atomic mass is 19.1. The molecule has 0 fully saturated rings. The minimum atomic E-state index is -0.513. The van der Waals surface area contributed by atoms with Gasteiger partial charge in [0.05, 0.1) is 17.2 Å². The number of halogens is 1. The van der Waals surface area contributed by atoms with Crippen LogP contribution in [0.25, 0.3) is 10.9 Å². The van der Waals surface area contributed by atoms with Crippen molar-refractivity contribution in [3.05, 3.63) is 70.0 Å². The molecule has 0 radical (unpaired) electrons. The first-order valence-electron chi connectivity index (χ1n) is 9.35. The molecular weight excluding hydrogens is 357 g/mol. The van der Waals surface area contributed by atoms with Crippen molar-refractivity contribution >= 4 is 22.5 Å². The third-order valence-electron chi connectivity index (χ3n) is 4.74. The van der Waals surface area contributed by atoms with E-state index in [0.717, 1.165) is 22.9 Å². The van der Waals surface area contributed by atoms with E-state index in [1.54, 1.807) is 0 Å². The summed E-state index contributed by atoms with van der Waals surface area (Å²) in [6.45, 7) is 8.09. The van der Waals surface area contributed by atoms with Crippen LogP contribution < -0.4 is 10.9 Å². The Bertz CT molecular complexity index is 1060. The van der Waals surface area contributed by atoms with Crippen molar-refractivity contribution in [2.45, 2.75) is 46.1 Å². The summed E-state index contributed by atoms with van der Waals surface area (Å²) in [5.74, 6) is -0.361. The van der Waals surface area contributed by atoms with E-state index in [9.17, 15) is 14.0 Å². The number of aromatic nitrogens is 2. The molecule has 1 amide bonds. The van der Waals surface area contributed by atoms with Crippen LogP contribution in [0.3, 0.4) is 0 Å². The maximum atomic E-state index is 13.5. The topological polar surface area (TPSA) is 64.0 Å². The summed E-state index contributed by atoms with van der Waals surface area (Å²) < 4.78 is 14.7. The first-order valence-corrected chi connectivity index (χ1v) is 9.35. The average molecular weight is 381 g/mol. The zero-order valence-corrected chi connectivity index (χ0v) is 16.5. The number of amides is 1. The lowest BCUT2D eigenvalue weighted by Gasteiger charge is -2.20. The number of rotatable bonds is 5. The number of nitrogens with one attached hydrogen (secondary N) is 1. The van der Waals surface area contributed by atoms with Crippen LogP contribution in [0.5, 0.6) is 0 Å². The fourth-order valence-corrected chi connectivity index (χ4v) is 3.27. The van der Waals surface area contributed by atoms with Gasteiger partial charge in [-0.25, -0.2) is 9.37 Å². The van der Waals surface area contributed by atoms with E-state index >= 15 is 0 Å². The van der Waals surface area contributed by atoms with Crippen molar-refractivity contribution in [2.24, 2.45) is 0 Å².